The molecule has 0 saturated carbocycles. The van der Waals surface area contributed by atoms with E-state index >= 15 is 0 Å². The molecule has 13 aromatic carbocycles. The number of nitrogens with zero attached hydrogens (tertiary/aromatic N) is 4. The van der Waals surface area contributed by atoms with Gasteiger partial charge in [0.05, 0.1) is 39.1 Å². The van der Waals surface area contributed by atoms with Gasteiger partial charge in [-0.25, -0.2) is 0 Å². The van der Waals surface area contributed by atoms with Crippen molar-refractivity contribution in [1.82, 2.24) is 13.7 Å². The number of fused-ring (bicyclic) bond motifs is 18. The third kappa shape index (κ3) is 6.55. The molecule has 18 rings (SSSR count). The van der Waals surface area contributed by atoms with Gasteiger partial charge < -0.3 is 18.6 Å². The smallest absolute Gasteiger partial charge is 0.0629 e. The molecule has 0 N–H and O–H groups in total. The molecular weight excluding hydrogens is 993 g/mol. The Morgan fingerprint density at radius 3 is 0.988 bits per heavy atom. The maximum Gasteiger partial charge on any atom is 0.0629 e. The van der Waals surface area contributed by atoms with Crippen LogP contribution in [-0.4, -0.2) is 19.7 Å². The van der Waals surface area contributed by atoms with Gasteiger partial charge in [0.25, 0.3) is 0 Å². The van der Waals surface area contributed by atoms with Gasteiger partial charge in [-0.15, -0.1) is 0 Å². The van der Waals surface area contributed by atoms with Crippen LogP contribution in [0.2, 0.25) is 0 Å². The summed E-state index contributed by atoms with van der Waals surface area (Å²) in [6.45, 7) is 0. The third-order valence-electron chi connectivity index (χ3n) is 18.1. The molecule has 1 aliphatic carbocycles. The van der Waals surface area contributed by atoms with Crippen molar-refractivity contribution in [2.75, 3.05) is 4.90 Å². The molecule has 16 aromatic rings. The first-order valence-corrected chi connectivity index (χ1v) is 28.6. The van der Waals surface area contributed by atoms with Crippen LogP contribution < -0.4 is 4.90 Å². The Morgan fingerprint density at radius 2 is 0.561 bits per heavy atom. The molecule has 4 nitrogen and oxygen atoms in total. The molecular formula is C78H50N4. The first-order chi connectivity index (χ1) is 40.7. The van der Waals surface area contributed by atoms with Gasteiger partial charge in [0, 0.05) is 66.7 Å². The second-order valence-corrected chi connectivity index (χ2v) is 22.4. The predicted molar refractivity (Wildman–Crippen MR) is 346 cm³/mol. The molecule has 82 heavy (non-hydrogen) atoms. The highest BCUT2D eigenvalue weighted by Crippen LogP contribution is 2.50. The minimum Gasteiger partial charge on any atom is -0.333 e. The molecule has 2 atom stereocenters. The highest BCUT2D eigenvalue weighted by molar-refractivity contribution is 6.26. The van der Waals surface area contributed by atoms with E-state index < -0.39 is 0 Å². The fourth-order valence-corrected chi connectivity index (χ4v) is 14.6. The maximum atomic E-state index is 2.58. The summed E-state index contributed by atoms with van der Waals surface area (Å²) in [4.78, 5) is 2.58. The van der Waals surface area contributed by atoms with Gasteiger partial charge in [-0.3, -0.25) is 0 Å². The molecule has 382 valence electrons. The number of allylic oxidation sites excluding steroid dienone is 2. The van der Waals surface area contributed by atoms with Crippen molar-refractivity contribution in [2.24, 2.45) is 0 Å². The molecule has 2 aliphatic rings. The zero-order valence-corrected chi connectivity index (χ0v) is 44.7. The molecule has 4 heterocycles. The lowest BCUT2D eigenvalue weighted by Gasteiger charge is -2.30. The van der Waals surface area contributed by atoms with Crippen LogP contribution >= 0.6 is 0 Å². The summed E-state index contributed by atoms with van der Waals surface area (Å²) in [5.41, 5.74) is 19.0. The van der Waals surface area contributed by atoms with Gasteiger partial charge in [-0.05, 0) is 151 Å². The number of benzene rings is 13. The molecule has 0 fully saturated rings. The average Bonchev–Trinajstić information content (AvgIpc) is 3.15. The summed E-state index contributed by atoms with van der Waals surface area (Å²) in [5.74, 6) is 0.272. The van der Waals surface area contributed by atoms with E-state index in [1.807, 2.05) is 0 Å². The Kier molecular flexibility index (Phi) is 9.60. The lowest BCUT2D eigenvalue weighted by molar-refractivity contribution is 0.744. The number of aromatic nitrogens is 3. The molecule has 3 aromatic heterocycles. The first kappa shape index (κ1) is 45.2. The van der Waals surface area contributed by atoms with Crippen LogP contribution in [0, 0.1) is 0 Å². The first-order valence-electron chi connectivity index (χ1n) is 28.6. The summed E-state index contributed by atoms with van der Waals surface area (Å²) in [6, 6.07) is 100.0. The fraction of sp³-hybridized carbons (Fsp3) is 0.0256. The van der Waals surface area contributed by atoms with E-state index in [4.69, 9.17) is 0 Å². The Hall–Kier alpha value is -10.7. The maximum absolute atomic E-state index is 2.58. The van der Waals surface area contributed by atoms with Crippen LogP contribution in [-0.2, 0) is 0 Å². The van der Waals surface area contributed by atoms with Crippen LogP contribution in [0.15, 0.2) is 291 Å². The zero-order chi connectivity index (χ0) is 53.6. The van der Waals surface area contributed by atoms with Crippen molar-refractivity contribution in [1.29, 1.82) is 0 Å². The van der Waals surface area contributed by atoms with Crippen molar-refractivity contribution in [3.63, 3.8) is 0 Å². The zero-order valence-electron chi connectivity index (χ0n) is 44.7. The van der Waals surface area contributed by atoms with E-state index in [9.17, 15) is 0 Å². The Labute approximate surface area is 473 Å². The quantitative estimate of drug-likeness (QED) is 0.152. The lowest BCUT2D eigenvalue weighted by atomic mass is 9.90. The fourth-order valence-electron chi connectivity index (χ4n) is 14.6. The van der Waals surface area contributed by atoms with Crippen LogP contribution in [0.1, 0.15) is 11.5 Å². The van der Waals surface area contributed by atoms with Gasteiger partial charge in [0.15, 0.2) is 0 Å². The Morgan fingerprint density at radius 1 is 0.232 bits per heavy atom. The van der Waals surface area contributed by atoms with E-state index in [-0.39, 0.29) is 12.0 Å². The van der Waals surface area contributed by atoms with Crippen LogP contribution in [0.5, 0.6) is 0 Å². The van der Waals surface area contributed by atoms with Crippen LogP contribution in [0.25, 0.3) is 137 Å². The third-order valence-corrected chi connectivity index (χ3v) is 18.1. The second kappa shape index (κ2) is 17.4. The van der Waals surface area contributed by atoms with Crippen molar-refractivity contribution in [3.8, 4) is 39.3 Å². The van der Waals surface area contributed by atoms with Gasteiger partial charge in [-0.2, -0.15) is 0 Å². The average molecular weight is 1040 g/mol. The summed E-state index contributed by atoms with van der Waals surface area (Å²) < 4.78 is 7.39. The van der Waals surface area contributed by atoms with Crippen LogP contribution in [0.4, 0.5) is 11.4 Å². The van der Waals surface area contributed by atoms with E-state index in [1.165, 1.54) is 131 Å². The van der Waals surface area contributed by atoms with Crippen molar-refractivity contribution < 1.29 is 0 Å². The minimum absolute atomic E-state index is 0.164. The Balaban J connectivity index is 0.843. The number of anilines is 2. The number of para-hydroxylation sites is 7. The topological polar surface area (TPSA) is 18.0 Å². The number of hydrogen-bond acceptors (Lipinski definition) is 1. The highest BCUT2D eigenvalue weighted by Gasteiger charge is 2.37. The van der Waals surface area contributed by atoms with Crippen molar-refractivity contribution in [3.05, 3.63) is 297 Å². The molecule has 4 heteroatoms. The van der Waals surface area contributed by atoms with Gasteiger partial charge in [0.1, 0.15) is 0 Å². The Bertz CT molecular complexity index is 5140. The summed E-state index contributed by atoms with van der Waals surface area (Å²) >= 11 is 0. The van der Waals surface area contributed by atoms with Crippen LogP contribution in [0.3, 0.4) is 0 Å². The predicted octanol–water partition coefficient (Wildman–Crippen LogP) is 20.5. The van der Waals surface area contributed by atoms with Gasteiger partial charge in [-0.1, -0.05) is 200 Å². The van der Waals surface area contributed by atoms with E-state index in [2.05, 4.69) is 310 Å². The summed E-state index contributed by atoms with van der Waals surface area (Å²) in [6.07, 6.45) is 9.18. The number of rotatable bonds is 6. The summed E-state index contributed by atoms with van der Waals surface area (Å²) in [7, 11) is 0. The van der Waals surface area contributed by atoms with E-state index in [1.54, 1.807) is 0 Å². The molecule has 0 radical (unpaired) electrons. The van der Waals surface area contributed by atoms with Crippen molar-refractivity contribution >= 4 is 109 Å². The lowest BCUT2D eigenvalue weighted by Crippen LogP contribution is -2.28. The van der Waals surface area contributed by atoms with Crippen molar-refractivity contribution in [2.45, 2.75) is 12.0 Å². The molecule has 0 amide bonds. The summed E-state index contributed by atoms with van der Waals surface area (Å²) in [5, 5.41) is 14.9. The molecule has 1 aliphatic heterocycles. The molecule has 2 unspecified atom stereocenters. The molecule has 0 saturated heterocycles. The monoisotopic (exact) mass is 1040 g/mol. The number of hydrogen-bond donors (Lipinski definition) is 0. The van der Waals surface area contributed by atoms with Gasteiger partial charge >= 0.3 is 0 Å². The molecule has 0 spiro atoms. The standard InChI is InChI=1S/C78H50N4/c1-2-20-58-57(19-1)69-45-49(51-41-53(79-71-29-11-3-21-61(71)62-22-4-12-30-72(62)79)47-54(42-51)80-73-31-13-5-23-63(73)64-24-6-14-32-74(64)80)37-39-59(69)60-40-38-50(46-70(58)60)52-43-55(81-75-33-15-7-25-65(75)66-26-8-16-34-76(66)81)48-56(44-52)82-77-35-17-9-27-67(77)68-28-10-18-36-78(68)82/h1-48,61,71H. The minimum atomic E-state index is 0.164. The van der Waals surface area contributed by atoms with E-state index in [0.717, 1.165) is 22.6 Å². The normalized spacial score (nSPS) is 15.0. The second-order valence-electron chi connectivity index (χ2n) is 22.4. The van der Waals surface area contributed by atoms with E-state index in [0.29, 0.717) is 0 Å². The largest absolute Gasteiger partial charge is 0.333 e. The SMILES string of the molecule is C1=CC2c3ccccc3N(c3cc(-c4ccc5c6ccc(-c7cc(-n8c9ccccc9c9ccccc98)cc(-n8c9ccccc9c9ccccc98)c7)cc6c6ccccc6c5c4)cc(-n4c5ccccc5c5ccccc54)c3)C2C=C1. The van der Waals surface area contributed by atoms with Gasteiger partial charge in [0.2, 0.25) is 0 Å². The highest BCUT2D eigenvalue weighted by atomic mass is 15.2. The molecule has 0 bridgehead atoms.